The Hall–Kier alpha value is -0.940. The van der Waals surface area contributed by atoms with Crippen molar-refractivity contribution in [1.29, 1.82) is 0 Å². The molecule has 2 heterocycles. The number of likely N-dealkylation sites (N-methyl/N-ethyl adjacent to an activating group) is 1. The predicted molar refractivity (Wildman–Crippen MR) is 92.6 cm³/mol. The van der Waals surface area contributed by atoms with Gasteiger partial charge in [-0.05, 0) is 32.4 Å². The highest BCUT2D eigenvalue weighted by Gasteiger charge is 2.29. The molecule has 4 nitrogen and oxygen atoms in total. The molecule has 22 heavy (non-hydrogen) atoms. The zero-order chi connectivity index (χ0) is 16.3. The molecule has 1 aliphatic heterocycles. The van der Waals surface area contributed by atoms with Crippen molar-refractivity contribution >= 4 is 17.2 Å². The number of likely N-dealkylation sites (tertiary alicyclic amines) is 1. The van der Waals surface area contributed by atoms with Crippen LogP contribution in [0.25, 0.3) is 0 Å². The molecule has 0 unspecified atom stereocenters. The molecule has 2 rings (SSSR count). The third-order valence-corrected chi connectivity index (χ3v) is 5.56. The Bertz CT molecular complexity index is 508. The lowest BCUT2D eigenvalue weighted by Crippen LogP contribution is -2.39. The van der Waals surface area contributed by atoms with Crippen molar-refractivity contribution in [2.45, 2.75) is 59.4 Å². The van der Waals surface area contributed by atoms with Crippen molar-refractivity contribution in [3.05, 3.63) is 15.6 Å². The number of carbonyl (C=O) groups is 1. The van der Waals surface area contributed by atoms with E-state index < -0.39 is 0 Å². The third-order valence-electron chi connectivity index (χ3n) is 4.57. The van der Waals surface area contributed by atoms with Crippen LogP contribution in [0.5, 0.6) is 0 Å². The highest BCUT2D eigenvalue weighted by atomic mass is 32.1. The van der Waals surface area contributed by atoms with Crippen molar-refractivity contribution in [2.75, 3.05) is 26.2 Å². The smallest absolute Gasteiger partial charge is 0.229 e. The molecule has 1 atom stereocenters. The van der Waals surface area contributed by atoms with E-state index in [1.54, 1.807) is 11.3 Å². The number of rotatable bonds is 6. The Morgan fingerprint density at radius 1 is 1.41 bits per heavy atom. The Kier molecular flexibility index (Phi) is 5.98. The molecule has 0 aromatic carbocycles. The number of hydrogen-bond acceptors (Lipinski definition) is 4. The first-order valence-corrected chi connectivity index (χ1v) is 9.25. The van der Waals surface area contributed by atoms with Gasteiger partial charge in [0.1, 0.15) is 5.01 Å². The number of amides is 1. The lowest BCUT2D eigenvalue weighted by atomic mass is 10.1. The standard InChI is InChI=1S/C17H29N3OS/c1-6-19(7-2)14-8-9-20(11-14)16(21)10-15-18-17(12(3)4)13(5)22-15/h12,14H,6-11H2,1-5H3/t14-/m0/s1. The van der Waals surface area contributed by atoms with E-state index in [0.717, 1.165) is 43.3 Å². The molecule has 0 bridgehead atoms. The van der Waals surface area contributed by atoms with E-state index in [1.165, 1.54) is 4.88 Å². The highest BCUT2D eigenvalue weighted by Crippen LogP contribution is 2.25. The lowest BCUT2D eigenvalue weighted by molar-refractivity contribution is -0.129. The van der Waals surface area contributed by atoms with E-state index in [1.807, 2.05) is 4.90 Å². The molecule has 1 aliphatic rings. The first kappa shape index (κ1) is 17.4. The van der Waals surface area contributed by atoms with E-state index in [2.05, 4.69) is 44.5 Å². The van der Waals surface area contributed by atoms with Gasteiger partial charge in [0.15, 0.2) is 0 Å². The van der Waals surface area contributed by atoms with Gasteiger partial charge in [-0.25, -0.2) is 4.98 Å². The van der Waals surface area contributed by atoms with E-state index in [-0.39, 0.29) is 5.91 Å². The summed E-state index contributed by atoms with van der Waals surface area (Å²) in [5.41, 5.74) is 1.15. The van der Waals surface area contributed by atoms with Crippen LogP contribution >= 0.6 is 11.3 Å². The summed E-state index contributed by atoms with van der Waals surface area (Å²) in [7, 11) is 0. The minimum Gasteiger partial charge on any atom is -0.341 e. The summed E-state index contributed by atoms with van der Waals surface area (Å²) in [5, 5.41) is 0.970. The fraction of sp³-hybridized carbons (Fsp3) is 0.765. The zero-order valence-electron chi connectivity index (χ0n) is 14.6. The van der Waals surface area contributed by atoms with E-state index in [9.17, 15) is 4.79 Å². The number of hydrogen-bond donors (Lipinski definition) is 0. The minimum atomic E-state index is 0.235. The SMILES string of the molecule is CCN(CC)[C@H]1CCN(C(=O)Cc2nc(C(C)C)c(C)s2)C1. The second-order valence-corrected chi connectivity index (χ2v) is 7.67. The van der Waals surface area contributed by atoms with Gasteiger partial charge in [0.05, 0.1) is 12.1 Å². The van der Waals surface area contributed by atoms with Gasteiger partial charge in [0, 0.05) is 24.0 Å². The number of nitrogens with zero attached hydrogens (tertiary/aromatic N) is 3. The van der Waals surface area contributed by atoms with Crippen molar-refractivity contribution < 1.29 is 4.79 Å². The summed E-state index contributed by atoms with van der Waals surface area (Å²) >= 11 is 1.68. The maximum atomic E-state index is 12.5. The summed E-state index contributed by atoms with van der Waals surface area (Å²) in [5.74, 6) is 0.664. The summed E-state index contributed by atoms with van der Waals surface area (Å²) in [6.07, 6.45) is 1.56. The third kappa shape index (κ3) is 3.87. The second kappa shape index (κ2) is 7.55. The van der Waals surface area contributed by atoms with Gasteiger partial charge in [0.2, 0.25) is 5.91 Å². The first-order chi connectivity index (χ1) is 10.5. The molecule has 1 amide bonds. The van der Waals surface area contributed by atoms with E-state index >= 15 is 0 Å². The molecule has 0 saturated carbocycles. The summed E-state index contributed by atoms with van der Waals surface area (Å²) in [6, 6.07) is 0.531. The zero-order valence-corrected chi connectivity index (χ0v) is 15.4. The van der Waals surface area contributed by atoms with Crippen LogP contribution in [0.2, 0.25) is 0 Å². The maximum Gasteiger partial charge on any atom is 0.229 e. The fourth-order valence-electron chi connectivity index (χ4n) is 3.32. The van der Waals surface area contributed by atoms with E-state index in [4.69, 9.17) is 0 Å². The van der Waals surface area contributed by atoms with Crippen LogP contribution in [-0.2, 0) is 11.2 Å². The Labute approximate surface area is 138 Å². The van der Waals surface area contributed by atoms with Crippen LogP contribution in [0, 0.1) is 6.92 Å². The highest BCUT2D eigenvalue weighted by molar-refractivity contribution is 7.11. The predicted octanol–water partition coefficient (Wildman–Crippen LogP) is 3.06. The van der Waals surface area contributed by atoms with Crippen LogP contribution in [-0.4, -0.2) is 52.9 Å². The number of thiazole rings is 1. The molecular formula is C17H29N3OS. The van der Waals surface area contributed by atoms with Gasteiger partial charge in [0.25, 0.3) is 0 Å². The Morgan fingerprint density at radius 3 is 2.64 bits per heavy atom. The summed E-state index contributed by atoms with van der Waals surface area (Å²) in [6.45, 7) is 14.7. The molecule has 0 aliphatic carbocycles. The van der Waals surface area contributed by atoms with Crippen molar-refractivity contribution in [3.63, 3.8) is 0 Å². The lowest BCUT2D eigenvalue weighted by Gasteiger charge is -2.26. The van der Waals surface area contributed by atoms with Gasteiger partial charge in [-0.2, -0.15) is 0 Å². The van der Waals surface area contributed by atoms with Crippen molar-refractivity contribution in [2.24, 2.45) is 0 Å². The molecule has 1 fully saturated rings. The molecular weight excluding hydrogens is 294 g/mol. The van der Waals surface area contributed by atoms with Gasteiger partial charge in [-0.15, -0.1) is 11.3 Å². The Balaban J connectivity index is 1.94. The van der Waals surface area contributed by atoms with Crippen LogP contribution < -0.4 is 0 Å². The topological polar surface area (TPSA) is 36.4 Å². The normalized spacial score (nSPS) is 18.7. The number of aryl methyl sites for hydroxylation is 1. The number of aromatic nitrogens is 1. The van der Waals surface area contributed by atoms with Crippen LogP contribution in [0.15, 0.2) is 0 Å². The van der Waals surface area contributed by atoms with Gasteiger partial charge in [-0.3, -0.25) is 9.69 Å². The average molecular weight is 324 g/mol. The largest absolute Gasteiger partial charge is 0.341 e. The maximum absolute atomic E-state index is 12.5. The monoisotopic (exact) mass is 323 g/mol. The molecule has 1 saturated heterocycles. The molecule has 1 aromatic rings. The average Bonchev–Trinajstić information content (AvgIpc) is 3.07. The molecule has 0 spiro atoms. The van der Waals surface area contributed by atoms with Gasteiger partial charge >= 0.3 is 0 Å². The molecule has 5 heteroatoms. The quantitative estimate of drug-likeness (QED) is 0.807. The minimum absolute atomic E-state index is 0.235. The fourth-order valence-corrected chi connectivity index (χ4v) is 4.40. The van der Waals surface area contributed by atoms with E-state index in [0.29, 0.717) is 18.4 Å². The summed E-state index contributed by atoms with van der Waals surface area (Å²) < 4.78 is 0. The second-order valence-electron chi connectivity index (χ2n) is 6.38. The van der Waals surface area contributed by atoms with Crippen molar-refractivity contribution in [3.8, 4) is 0 Å². The van der Waals surface area contributed by atoms with Gasteiger partial charge in [-0.1, -0.05) is 27.7 Å². The Morgan fingerprint density at radius 2 is 2.09 bits per heavy atom. The number of carbonyl (C=O) groups excluding carboxylic acids is 1. The van der Waals surface area contributed by atoms with Crippen LogP contribution in [0.4, 0.5) is 0 Å². The van der Waals surface area contributed by atoms with Gasteiger partial charge < -0.3 is 4.90 Å². The molecule has 0 N–H and O–H groups in total. The van der Waals surface area contributed by atoms with Crippen LogP contribution in [0.1, 0.15) is 55.6 Å². The first-order valence-electron chi connectivity index (χ1n) is 8.44. The molecule has 124 valence electrons. The molecule has 1 aromatic heterocycles. The summed E-state index contributed by atoms with van der Waals surface area (Å²) in [4.78, 5) is 22.9. The van der Waals surface area contributed by atoms with Crippen molar-refractivity contribution in [1.82, 2.24) is 14.8 Å². The van der Waals surface area contributed by atoms with Crippen LogP contribution in [0.3, 0.4) is 0 Å². The molecule has 0 radical (unpaired) electrons.